The van der Waals surface area contributed by atoms with Crippen molar-refractivity contribution < 1.29 is 19.4 Å². The van der Waals surface area contributed by atoms with Gasteiger partial charge in [-0.25, -0.2) is 9.97 Å². The maximum atomic E-state index is 14.4. The molecule has 1 saturated heterocycles. The van der Waals surface area contributed by atoms with Crippen LogP contribution in [0.4, 0.5) is 11.4 Å². The zero-order chi connectivity index (χ0) is 35.4. The van der Waals surface area contributed by atoms with Crippen molar-refractivity contribution in [2.75, 3.05) is 43.0 Å². The molecule has 15 heteroatoms. The highest BCUT2D eigenvalue weighted by molar-refractivity contribution is 7.17. The number of benzene rings is 2. The molecule has 260 valence electrons. The molecule has 0 aliphatic carbocycles. The van der Waals surface area contributed by atoms with Gasteiger partial charge in [0.15, 0.2) is 17.3 Å². The van der Waals surface area contributed by atoms with Gasteiger partial charge >= 0.3 is 0 Å². The summed E-state index contributed by atoms with van der Waals surface area (Å²) in [6.45, 7) is 7.25. The number of aryl methyl sites for hydroxylation is 2. The zero-order valence-electron chi connectivity index (χ0n) is 28.3. The molecule has 1 fully saturated rings. The molecule has 0 unspecified atom stereocenters. The van der Waals surface area contributed by atoms with Crippen LogP contribution in [0.2, 0.25) is 0 Å². The molecule has 2 aromatic carbocycles. The second-order valence-electron chi connectivity index (χ2n) is 12.7. The third kappa shape index (κ3) is 5.72. The molecule has 0 bridgehead atoms. The molecule has 0 spiro atoms. The minimum Gasteiger partial charge on any atom is -0.504 e. The van der Waals surface area contributed by atoms with E-state index in [1.807, 2.05) is 54.5 Å². The van der Waals surface area contributed by atoms with Crippen LogP contribution in [-0.4, -0.2) is 83.7 Å². The van der Waals surface area contributed by atoms with E-state index in [1.54, 1.807) is 27.7 Å². The van der Waals surface area contributed by atoms with E-state index in [-0.39, 0.29) is 48.3 Å². The van der Waals surface area contributed by atoms with Crippen molar-refractivity contribution in [1.82, 2.24) is 34.0 Å². The normalized spacial score (nSPS) is 14.3. The number of thiophene rings is 1. The molecule has 8 rings (SSSR count). The first-order valence-electron chi connectivity index (χ1n) is 16.8. The van der Waals surface area contributed by atoms with Gasteiger partial charge in [0, 0.05) is 48.6 Å². The maximum absolute atomic E-state index is 14.4. The number of ether oxygens (including phenoxy) is 1. The predicted molar refractivity (Wildman–Crippen MR) is 193 cm³/mol. The minimum absolute atomic E-state index is 0.0540. The summed E-state index contributed by atoms with van der Waals surface area (Å²) in [4.78, 5) is 57.9. The number of anilines is 2. The summed E-state index contributed by atoms with van der Waals surface area (Å²) in [5, 5.41) is 21.3. The number of hydrogen-bond acceptors (Lipinski definition) is 11. The van der Waals surface area contributed by atoms with Crippen molar-refractivity contribution in [1.29, 1.82) is 0 Å². The van der Waals surface area contributed by atoms with Crippen molar-refractivity contribution in [3.8, 4) is 22.9 Å². The summed E-state index contributed by atoms with van der Waals surface area (Å²) in [6, 6.07) is 11.8. The number of fused-ring (bicyclic) bond motifs is 3. The second-order valence-corrected chi connectivity index (χ2v) is 13.7. The molecule has 2 aliphatic heterocycles. The van der Waals surface area contributed by atoms with Crippen molar-refractivity contribution in [2.24, 2.45) is 0 Å². The number of aromatic nitrogens is 6. The van der Waals surface area contributed by atoms with Crippen molar-refractivity contribution in [3.63, 3.8) is 0 Å². The number of nitrogens with zero attached hydrogens (tertiary/aromatic N) is 8. The van der Waals surface area contributed by atoms with Gasteiger partial charge < -0.3 is 29.5 Å². The first kappa shape index (κ1) is 32.4. The number of rotatable bonds is 7. The molecule has 0 saturated carbocycles. The Kier molecular flexibility index (Phi) is 8.13. The molecule has 2 amide bonds. The number of piperazine rings is 1. The SMILES string of the molecule is CCc1c(N2CCN(C(=O)c3ncnc(C)c3O)CC2)c(=O)n2nc(-c3ccc4c(c3)CCO4)nc2n1CC(=O)Nc1cc2ccsc2cc1C. The topological polar surface area (TPSA) is 160 Å². The van der Waals surface area contributed by atoms with E-state index in [1.165, 1.54) is 10.8 Å². The molecular weight excluding hydrogens is 671 g/mol. The lowest BCUT2D eigenvalue weighted by molar-refractivity contribution is -0.116. The van der Waals surface area contributed by atoms with Crippen LogP contribution in [0.1, 0.15) is 39.9 Å². The Morgan fingerprint density at radius 1 is 1.06 bits per heavy atom. The lowest BCUT2D eigenvalue weighted by atomic mass is 10.1. The average Bonchev–Trinajstić information content (AvgIpc) is 3.90. The van der Waals surface area contributed by atoms with Crippen LogP contribution in [0.5, 0.6) is 11.5 Å². The number of carbonyl (C=O) groups excluding carboxylic acids is 2. The van der Waals surface area contributed by atoms with Gasteiger partial charge in [0.25, 0.3) is 11.5 Å². The van der Waals surface area contributed by atoms with Gasteiger partial charge in [-0.1, -0.05) is 6.92 Å². The predicted octanol–water partition coefficient (Wildman–Crippen LogP) is 3.98. The highest BCUT2D eigenvalue weighted by Gasteiger charge is 2.30. The van der Waals surface area contributed by atoms with Gasteiger partial charge in [0.1, 0.15) is 24.3 Å². The summed E-state index contributed by atoms with van der Waals surface area (Å²) >= 11 is 1.65. The number of nitrogens with one attached hydrogen (secondary N) is 1. The summed E-state index contributed by atoms with van der Waals surface area (Å²) in [6.07, 6.45) is 2.46. The Labute approximate surface area is 296 Å². The summed E-state index contributed by atoms with van der Waals surface area (Å²) in [5.41, 5.74) is 4.40. The van der Waals surface area contributed by atoms with Crippen LogP contribution in [0.25, 0.3) is 27.3 Å². The summed E-state index contributed by atoms with van der Waals surface area (Å²) < 4.78 is 9.88. The molecule has 4 aromatic heterocycles. The molecular formula is C36H35N9O5S. The van der Waals surface area contributed by atoms with Crippen molar-refractivity contribution >= 4 is 50.4 Å². The Balaban J connectivity index is 1.17. The first-order valence-corrected chi connectivity index (χ1v) is 17.7. The summed E-state index contributed by atoms with van der Waals surface area (Å²) in [7, 11) is 0. The van der Waals surface area contributed by atoms with Gasteiger partial charge in [-0.2, -0.15) is 9.50 Å². The molecule has 2 N–H and O–H groups in total. The third-order valence-corrected chi connectivity index (χ3v) is 10.5. The number of hydrogen-bond donors (Lipinski definition) is 2. The molecule has 51 heavy (non-hydrogen) atoms. The number of aromatic hydroxyl groups is 1. The van der Waals surface area contributed by atoms with E-state index in [0.717, 1.165) is 44.6 Å². The van der Waals surface area contributed by atoms with Crippen LogP contribution in [0.15, 0.2) is 52.9 Å². The minimum atomic E-state index is -0.408. The monoisotopic (exact) mass is 705 g/mol. The Morgan fingerprint density at radius 3 is 2.69 bits per heavy atom. The quantitative estimate of drug-likeness (QED) is 0.249. The lowest BCUT2D eigenvalue weighted by Crippen LogP contribution is -2.51. The Hall–Kier alpha value is -5.83. The Bertz CT molecular complexity index is 2430. The van der Waals surface area contributed by atoms with Crippen LogP contribution >= 0.6 is 11.3 Å². The fraction of sp³-hybridized carbons (Fsp3) is 0.306. The van der Waals surface area contributed by atoms with E-state index in [9.17, 15) is 19.5 Å². The van der Waals surface area contributed by atoms with Crippen molar-refractivity contribution in [3.05, 3.63) is 86.7 Å². The lowest BCUT2D eigenvalue weighted by Gasteiger charge is -2.36. The van der Waals surface area contributed by atoms with E-state index in [4.69, 9.17) is 14.8 Å². The van der Waals surface area contributed by atoms with Gasteiger partial charge in [0.2, 0.25) is 11.7 Å². The van der Waals surface area contributed by atoms with Gasteiger partial charge in [-0.3, -0.25) is 14.4 Å². The maximum Gasteiger partial charge on any atom is 0.299 e. The van der Waals surface area contributed by atoms with Gasteiger partial charge in [-0.15, -0.1) is 16.4 Å². The van der Waals surface area contributed by atoms with Gasteiger partial charge in [0.05, 0.1) is 18.0 Å². The summed E-state index contributed by atoms with van der Waals surface area (Å²) in [5.74, 6) is 0.532. The number of carbonyl (C=O) groups is 2. The van der Waals surface area contributed by atoms with Crippen LogP contribution < -0.4 is 20.5 Å². The largest absolute Gasteiger partial charge is 0.504 e. The molecule has 14 nitrogen and oxygen atoms in total. The third-order valence-electron chi connectivity index (χ3n) is 9.57. The van der Waals surface area contributed by atoms with Crippen LogP contribution in [-0.2, 0) is 24.2 Å². The fourth-order valence-electron chi connectivity index (χ4n) is 6.86. The highest BCUT2D eigenvalue weighted by Crippen LogP contribution is 2.31. The van der Waals surface area contributed by atoms with E-state index in [2.05, 4.69) is 21.4 Å². The smallest absolute Gasteiger partial charge is 0.299 e. The second kappa shape index (κ2) is 12.8. The first-order chi connectivity index (χ1) is 24.7. The number of amides is 2. The molecule has 0 radical (unpaired) electrons. The molecule has 6 aromatic rings. The molecule has 0 atom stereocenters. The van der Waals surface area contributed by atoms with E-state index >= 15 is 0 Å². The van der Waals surface area contributed by atoms with E-state index < -0.39 is 5.91 Å². The van der Waals surface area contributed by atoms with Crippen LogP contribution in [0, 0.1) is 13.8 Å². The molecule has 6 heterocycles. The average molecular weight is 706 g/mol. The highest BCUT2D eigenvalue weighted by atomic mass is 32.1. The molecule has 2 aliphatic rings. The van der Waals surface area contributed by atoms with E-state index in [0.29, 0.717) is 49.0 Å². The Morgan fingerprint density at radius 2 is 1.88 bits per heavy atom. The van der Waals surface area contributed by atoms with Crippen LogP contribution in [0.3, 0.4) is 0 Å². The van der Waals surface area contributed by atoms with Crippen molar-refractivity contribution in [2.45, 2.75) is 40.2 Å². The fourth-order valence-corrected chi connectivity index (χ4v) is 7.73. The van der Waals surface area contributed by atoms with Gasteiger partial charge in [-0.05, 0) is 78.6 Å². The zero-order valence-corrected chi connectivity index (χ0v) is 29.2. The standard InChI is InChI=1S/C36H35N9O5S/c1-4-26-31(42-9-11-43(12-10-42)34(48)30-32(47)21(3)37-19-38-30)35(49)45-36(40-33(41-45)24-5-6-27-22(16-24)7-13-50-27)44(26)18-29(46)39-25-17-23-8-14-51-28(23)15-20(25)2/h5-6,8,14-17,19,47H,4,7,9-13,18H2,1-3H3,(H,39,46).